The second kappa shape index (κ2) is 5.49. The third-order valence-corrected chi connectivity index (χ3v) is 3.16. The van der Waals surface area contributed by atoms with Crippen molar-refractivity contribution >= 4 is 34.6 Å². The molecule has 0 spiro atoms. The van der Waals surface area contributed by atoms with Crippen LogP contribution in [0.25, 0.3) is 16.9 Å². The Morgan fingerprint density at radius 3 is 2.77 bits per heavy atom. The van der Waals surface area contributed by atoms with Gasteiger partial charge in [0.2, 0.25) is 0 Å². The number of nitrogens with two attached hydrogens (primary N) is 1. The maximum absolute atomic E-state index is 13.8. The number of amides is 1. The summed E-state index contributed by atoms with van der Waals surface area (Å²) in [4.78, 5) is 15.4. The molecule has 3 N–H and O–H groups in total. The molecule has 2 heterocycles. The smallest absolute Gasteiger partial charge is 0.284 e. The zero-order chi connectivity index (χ0) is 15.7. The van der Waals surface area contributed by atoms with E-state index in [1.807, 2.05) is 0 Å². The van der Waals surface area contributed by atoms with Crippen LogP contribution < -0.4 is 11.1 Å². The van der Waals surface area contributed by atoms with Gasteiger partial charge in [0.05, 0.1) is 11.9 Å². The summed E-state index contributed by atoms with van der Waals surface area (Å²) in [6.07, 6.45) is 1.42. The van der Waals surface area contributed by atoms with Gasteiger partial charge in [0, 0.05) is 5.56 Å². The first kappa shape index (κ1) is 14.1. The molecule has 0 bridgehead atoms. The highest BCUT2D eigenvalue weighted by Gasteiger charge is 2.12. The number of rotatable bonds is 2. The molecular weight excluding hydrogens is 305 g/mol. The first-order chi connectivity index (χ1) is 10.6. The Hall–Kier alpha value is -2.87. The minimum atomic E-state index is -0.616. The fraction of sp³-hybridized carbons (Fsp3) is 0. The van der Waals surface area contributed by atoms with Crippen LogP contribution in [0.4, 0.5) is 10.2 Å². The number of hydrogen-bond donors (Lipinski definition) is 2. The summed E-state index contributed by atoms with van der Waals surface area (Å²) < 4.78 is 15.2. The Balaban J connectivity index is 2.07. The van der Waals surface area contributed by atoms with Gasteiger partial charge in [-0.15, -0.1) is 0 Å². The van der Waals surface area contributed by atoms with E-state index in [4.69, 9.17) is 5.73 Å². The monoisotopic (exact) mass is 315 g/mol. The van der Waals surface area contributed by atoms with E-state index in [0.717, 1.165) is 0 Å². The second-order valence-corrected chi connectivity index (χ2v) is 4.87. The molecule has 0 saturated heterocycles. The van der Waals surface area contributed by atoms with Gasteiger partial charge in [0.25, 0.3) is 5.91 Å². The van der Waals surface area contributed by atoms with Crippen molar-refractivity contribution in [2.45, 2.75) is 0 Å². The van der Waals surface area contributed by atoms with Crippen molar-refractivity contribution in [1.82, 2.24) is 14.6 Å². The molecule has 1 amide bonds. The number of thiocarbonyl (C=S) groups is 1. The Labute approximate surface area is 129 Å². The van der Waals surface area contributed by atoms with E-state index in [9.17, 15) is 9.18 Å². The average molecular weight is 315 g/mol. The Morgan fingerprint density at radius 1 is 1.27 bits per heavy atom. The summed E-state index contributed by atoms with van der Waals surface area (Å²) in [5.41, 5.74) is 6.52. The van der Waals surface area contributed by atoms with Gasteiger partial charge in [-0.1, -0.05) is 24.4 Å². The lowest BCUT2D eigenvalue weighted by molar-refractivity contribution is -0.110. The minimum Gasteiger partial charge on any atom is -0.385 e. The van der Waals surface area contributed by atoms with Crippen molar-refractivity contribution < 1.29 is 9.18 Å². The van der Waals surface area contributed by atoms with Crippen LogP contribution in [0.2, 0.25) is 0 Å². The van der Waals surface area contributed by atoms with E-state index in [1.165, 1.54) is 16.8 Å². The highest BCUT2D eigenvalue weighted by molar-refractivity contribution is 7.82. The van der Waals surface area contributed by atoms with Crippen LogP contribution in [-0.4, -0.2) is 25.5 Å². The molecule has 3 rings (SSSR count). The van der Waals surface area contributed by atoms with Gasteiger partial charge in [-0.2, -0.15) is 9.61 Å². The van der Waals surface area contributed by atoms with Crippen molar-refractivity contribution in [2.24, 2.45) is 5.73 Å². The van der Waals surface area contributed by atoms with Gasteiger partial charge in [-0.05, 0) is 24.3 Å². The third kappa shape index (κ3) is 2.51. The minimum absolute atomic E-state index is 0.291. The van der Waals surface area contributed by atoms with Crippen molar-refractivity contribution in [1.29, 1.82) is 0 Å². The lowest BCUT2D eigenvalue weighted by atomic mass is 10.1. The zero-order valence-corrected chi connectivity index (χ0v) is 12.0. The molecular formula is C14H10FN5OS. The number of nitrogens with zero attached hydrogens (tertiary/aromatic N) is 3. The summed E-state index contributed by atoms with van der Waals surface area (Å²) >= 11 is 4.60. The Kier molecular flexibility index (Phi) is 3.51. The number of fused-ring (bicyclic) bond motifs is 1. The van der Waals surface area contributed by atoms with Gasteiger partial charge in [0.1, 0.15) is 5.82 Å². The molecule has 8 heteroatoms. The van der Waals surface area contributed by atoms with Crippen molar-refractivity contribution in [3.8, 4) is 11.3 Å². The van der Waals surface area contributed by atoms with Gasteiger partial charge in [0.15, 0.2) is 16.5 Å². The molecule has 1 aromatic carbocycles. The molecule has 0 aliphatic heterocycles. The zero-order valence-electron chi connectivity index (χ0n) is 11.2. The molecule has 0 radical (unpaired) electrons. The molecule has 0 aliphatic carbocycles. The van der Waals surface area contributed by atoms with Gasteiger partial charge in [-0.25, -0.2) is 9.37 Å². The number of halogens is 1. The molecule has 6 nitrogen and oxygen atoms in total. The van der Waals surface area contributed by atoms with Crippen LogP contribution in [0, 0.1) is 5.82 Å². The van der Waals surface area contributed by atoms with Crippen LogP contribution in [0.3, 0.4) is 0 Å². The van der Waals surface area contributed by atoms with Gasteiger partial charge in [-0.3, -0.25) is 4.79 Å². The lowest BCUT2D eigenvalue weighted by Crippen LogP contribution is -2.28. The second-order valence-electron chi connectivity index (χ2n) is 4.43. The molecule has 0 unspecified atom stereocenters. The van der Waals surface area contributed by atoms with E-state index in [-0.39, 0.29) is 10.8 Å². The van der Waals surface area contributed by atoms with E-state index >= 15 is 0 Å². The summed E-state index contributed by atoms with van der Waals surface area (Å²) in [5, 5.41) is 6.79. The Bertz CT molecular complexity index is 892. The largest absolute Gasteiger partial charge is 0.385 e. The molecule has 22 heavy (non-hydrogen) atoms. The molecule has 0 fully saturated rings. The number of hydrogen-bond acceptors (Lipinski definition) is 4. The third-order valence-electron chi connectivity index (χ3n) is 2.98. The quantitative estimate of drug-likeness (QED) is 0.704. The van der Waals surface area contributed by atoms with Crippen molar-refractivity contribution in [3.05, 3.63) is 48.4 Å². The van der Waals surface area contributed by atoms with Crippen LogP contribution in [0.1, 0.15) is 0 Å². The van der Waals surface area contributed by atoms with E-state index in [2.05, 4.69) is 27.6 Å². The van der Waals surface area contributed by atoms with Crippen LogP contribution in [-0.2, 0) is 4.79 Å². The summed E-state index contributed by atoms with van der Waals surface area (Å²) in [5.74, 6) is -0.705. The maximum atomic E-state index is 13.8. The molecule has 2 aromatic heterocycles. The molecule has 0 atom stereocenters. The van der Waals surface area contributed by atoms with E-state index in [1.54, 1.807) is 30.3 Å². The van der Waals surface area contributed by atoms with Gasteiger partial charge < -0.3 is 11.1 Å². The average Bonchev–Trinajstić information content (AvgIpc) is 2.90. The summed E-state index contributed by atoms with van der Waals surface area (Å²) in [6.45, 7) is 0. The van der Waals surface area contributed by atoms with Crippen LogP contribution in [0.5, 0.6) is 0 Å². The number of aromatic nitrogens is 3. The van der Waals surface area contributed by atoms with Crippen molar-refractivity contribution in [3.63, 3.8) is 0 Å². The van der Waals surface area contributed by atoms with Crippen LogP contribution >= 0.6 is 12.2 Å². The van der Waals surface area contributed by atoms with E-state index in [0.29, 0.717) is 22.7 Å². The van der Waals surface area contributed by atoms with Gasteiger partial charge >= 0.3 is 0 Å². The van der Waals surface area contributed by atoms with Crippen molar-refractivity contribution in [2.75, 3.05) is 5.32 Å². The maximum Gasteiger partial charge on any atom is 0.284 e. The molecule has 0 aliphatic rings. The standard InChI is InChI=1S/C14H10FN5OS/c15-9-4-2-1-3-8(9)10-5-6-11-17-7-12(20(11)19-10)18-14(21)13(16)22/h1-7H,(H2,16,22)(H,18,21). The first-order valence-electron chi connectivity index (χ1n) is 6.27. The summed E-state index contributed by atoms with van der Waals surface area (Å²) in [6, 6.07) is 9.61. The fourth-order valence-corrected chi connectivity index (χ4v) is 2.00. The predicted molar refractivity (Wildman–Crippen MR) is 83.8 cm³/mol. The number of benzene rings is 1. The first-order valence-corrected chi connectivity index (χ1v) is 6.67. The summed E-state index contributed by atoms with van der Waals surface area (Å²) in [7, 11) is 0. The molecule has 110 valence electrons. The Morgan fingerprint density at radius 2 is 2.05 bits per heavy atom. The molecule has 0 saturated carbocycles. The number of imidazole rings is 1. The lowest BCUT2D eigenvalue weighted by Gasteiger charge is -2.06. The highest BCUT2D eigenvalue weighted by atomic mass is 32.1. The number of carbonyl (C=O) groups is 1. The normalized spacial score (nSPS) is 10.6. The topological polar surface area (TPSA) is 85.3 Å². The number of anilines is 1. The SMILES string of the molecule is NC(=S)C(=O)Nc1cnc2ccc(-c3ccccc3F)nn12. The predicted octanol–water partition coefficient (Wildman–Crippen LogP) is 1.76. The van der Waals surface area contributed by atoms with E-state index < -0.39 is 5.91 Å². The number of carbonyl (C=O) groups excluding carboxylic acids is 1. The number of nitrogens with one attached hydrogen (secondary N) is 1. The fourth-order valence-electron chi connectivity index (χ4n) is 1.95. The van der Waals surface area contributed by atoms with Crippen LogP contribution in [0.15, 0.2) is 42.6 Å². The highest BCUT2D eigenvalue weighted by Crippen LogP contribution is 2.21. The molecule has 3 aromatic rings.